The lowest BCUT2D eigenvalue weighted by Gasteiger charge is -2.19. The van der Waals surface area contributed by atoms with Gasteiger partial charge in [-0.05, 0) is 43.2 Å². The maximum absolute atomic E-state index is 12.9. The van der Waals surface area contributed by atoms with Gasteiger partial charge in [0, 0.05) is 10.7 Å². The molecular formula is C15H16ClFN2. The Morgan fingerprint density at radius 2 is 2.11 bits per heavy atom. The predicted molar refractivity (Wildman–Crippen MR) is 77.0 cm³/mol. The van der Waals surface area contributed by atoms with Crippen molar-refractivity contribution in [3.63, 3.8) is 0 Å². The summed E-state index contributed by atoms with van der Waals surface area (Å²) in [6, 6.07) is 8.92. The molecule has 0 spiro atoms. The summed E-state index contributed by atoms with van der Waals surface area (Å²) in [5.41, 5.74) is 2.80. The normalized spacial score (nSPS) is 12.2. The number of hydrogen-bond donors (Lipinski definition) is 1. The van der Waals surface area contributed by atoms with Crippen LogP contribution in [-0.4, -0.2) is 4.98 Å². The Hall–Kier alpha value is -1.61. The Balaban J connectivity index is 2.24. The SMILES string of the molecule is CCC(Nc1cccc(Cl)c1C)c1ccc(F)cn1. The van der Waals surface area contributed by atoms with Gasteiger partial charge in [-0.2, -0.15) is 0 Å². The Bertz CT molecular complexity index is 555. The van der Waals surface area contributed by atoms with Crippen LogP contribution in [0.4, 0.5) is 10.1 Å². The molecule has 0 aliphatic rings. The van der Waals surface area contributed by atoms with E-state index in [0.29, 0.717) is 0 Å². The molecule has 2 rings (SSSR count). The van der Waals surface area contributed by atoms with E-state index in [1.807, 2.05) is 25.1 Å². The maximum atomic E-state index is 12.9. The lowest BCUT2D eigenvalue weighted by Crippen LogP contribution is -2.12. The van der Waals surface area contributed by atoms with Crippen molar-refractivity contribution in [2.75, 3.05) is 5.32 Å². The second kappa shape index (κ2) is 6.02. The zero-order valence-electron chi connectivity index (χ0n) is 11.0. The van der Waals surface area contributed by atoms with Crippen molar-refractivity contribution in [3.8, 4) is 0 Å². The molecular weight excluding hydrogens is 263 g/mol. The van der Waals surface area contributed by atoms with Gasteiger partial charge in [0.1, 0.15) is 5.82 Å². The lowest BCUT2D eigenvalue weighted by atomic mass is 10.1. The van der Waals surface area contributed by atoms with E-state index < -0.39 is 0 Å². The number of hydrogen-bond acceptors (Lipinski definition) is 2. The molecule has 0 saturated heterocycles. The number of nitrogens with zero attached hydrogens (tertiary/aromatic N) is 1. The zero-order valence-corrected chi connectivity index (χ0v) is 11.7. The van der Waals surface area contributed by atoms with E-state index in [2.05, 4.69) is 17.2 Å². The summed E-state index contributed by atoms with van der Waals surface area (Å²) in [6.45, 7) is 4.03. The van der Waals surface area contributed by atoms with Gasteiger partial charge >= 0.3 is 0 Å². The van der Waals surface area contributed by atoms with Crippen molar-refractivity contribution in [3.05, 3.63) is 58.6 Å². The van der Waals surface area contributed by atoms with Crippen molar-refractivity contribution < 1.29 is 4.39 Å². The minimum atomic E-state index is -0.322. The third-order valence-corrected chi connectivity index (χ3v) is 3.52. The van der Waals surface area contributed by atoms with Crippen LogP contribution >= 0.6 is 11.6 Å². The van der Waals surface area contributed by atoms with E-state index in [1.54, 1.807) is 6.07 Å². The lowest BCUT2D eigenvalue weighted by molar-refractivity contribution is 0.614. The van der Waals surface area contributed by atoms with E-state index in [9.17, 15) is 4.39 Å². The fourth-order valence-corrected chi connectivity index (χ4v) is 2.10. The van der Waals surface area contributed by atoms with E-state index in [1.165, 1.54) is 12.3 Å². The molecule has 0 fully saturated rings. The number of nitrogens with one attached hydrogen (secondary N) is 1. The average Bonchev–Trinajstić information content (AvgIpc) is 2.42. The molecule has 0 bridgehead atoms. The average molecular weight is 279 g/mol. The Morgan fingerprint density at radius 1 is 1.32 bits per heavy atom. The quantitative estimate of drug-likeness (QED) is 0.873. The molecule has 1 atom stereocenters. The number of aromatic nitrogens is 1. The fraction of sp³-hybridized carbons (Fsp3) is 0.267. The van der Waals surface area contributed by atoms with E-state index in [-0.39, 0.29) is 11.9 Å². The smallest absolute Gasteiger partial charge is 0.141 e. The van der Waals surface area contributed by atoms with Crippen LogP contribution in [0, 0.1) is 12.7 Å². The summed E-state index contributed by atoms with van der Waals surface area (Å²) in [5, 5.41) is 4.13. The molecule has 1 unspecified atom stereocenters. The van der Waals surface area contributed by atoms with Crippen LogP contribution in [0.5, 0.6) is 0 Å². The Morgan fingerprint density at radius 3 is 2.74 bits per heavy atom. The third-order valence-electron chi connectivity index (χ3n) is 3.11. The highest BCUT2D eigenvalue weighted by Gasteiger charge is 2.12. The van der Waals surface area contributed by atoms with Crippen LogP contribution < -0.4 is 5.32 Å². The van der Waals surface area contributed by atoms with E-state index >= 15 is 0 Å². The Labute approximate surface area is 117 Å². The number of pyridine rings is 1. The summed E-state index contributed by atoms with van der Waals surface area (Å²) in [5.74, 6) is -0.322. The summed E-state index contributed by atoms with van der Waals surface area (Å²) < 4.78 is 12.9. The van der Waals surface area contributed by atoms with Crippen LogP contribution in [0.3, 0.4) is 0 Å². The molecule has 0 aliphatic carbocycles. The molecule has 100 valence electrons. The summed E-state index contributed by atoms with van der Waals surface area (Å²) in [6.07, 6.45) is 2.09. The summed E-state index contributed by atoms with van der Waals surface area (Å²) in [4.78, 5) is 4.13. The van der Waals surface area contributed by atoms with Crippen molar-refractivity contribution in [2.24, 2.45) is 0 Å². The first kappa shape index (κ1) is 13.8. The van der Waals surface area contributed by atoms with Crippen LogP contribution in [0.2, 0.25) is 5.02 Å². The van der Waals surface area contributed by atoms with E-state index in [0.717, 1.165) is 28.4 Å². The van der Waals surface area contributed by atoms with Crippen LogP contribution in [0.1, 0.15) is 30.6 Å². The standard InChI is InChI=1S/C15H16ClFN2/c1-3-13(15-8-7-11(17)9-18-15)19-14-6-4-5-12(16)10(14)2/h4-9,13,19H,3H2,1-2H3. The molecule has 1 heterocycles. The molecule has 4 heteroatoms. The molecule has 1 N–H and O–H groups in total. The fourth-order valence-electron chi connectivity index (χ4n) is 1.93. The van der Waals surface area contributed by atoms with Gasteiger partial charge in [-0.3, -0.25) is 4.98 Å². The highest BCUT2D eigenvalue weighted by atomic mass is 35.5. The number of halogens is 2. The van der Waals surface area contributed by atoms with Gasteiger partial charge in [0.2, 0.25) is 0 Å². The van der Waals surface area contributed by atoms with Gasteiger partial charge in [0.25, 0.3) is 0 Å². The Kier molecular flexibility index (Phi) is 4.38. The van der Waals surface area contributed by atoms with Gasteiger partial charge in [-0.25, -0.2) is 4.39 Å². The zero-order chi connectivity index (χ0) is 13.8. The van der Waals surface area contributed by atoms with Crippen molar-refractivity contribution in [1.82, 2.24) is 4.98 Å². The van der Waals surface area contributed by atoms with Gasteiger partial charge in [0.15, 0.2) is 0 Å². The topological polar surface area (TPSA) is 24.9 Å². The van der Waals surface area contributed by atoms with Crippen LogP contribution in [-0.2, 0) is 0 Å². The molecule has 19 heavy (non-hydrogen) atoms. The van der Waals surface area contributed by atoms with Crippen LogP contribution in [0.25, 0.3) is 0 Å². The van der Waals surface area contributed by atoms with Gasteiger partial charge in [0.05, 0.1) is 17.9 Å². The van der Waals surface area contributed by atoms with Crippen molar-refractivity contribution in [2.45, 2.75) is 26.3 Å². The monoisotopic (exact) mass is 278 g/mol. The second-order valence-electron chi connectivity index (χ2n) is 4.42. The minimum absolute atomic E-state index is 0.0396. The van der Waals surface area contributed by atoms with Crippen LogP contribution in [0.15, 0.2) is 36.5 Å². The van der Waals surface area contributed by atoms with E-state index in [4.69, 9.17) is 11.6 Å². The van der Waals surface area contributed by atoms with Gasteiger partial charge in [-0.15, -0.1) is 0 Å². The molecule has 2 aromatic rings. The molecule has 0 aliphatic heterocycles. The highest BCUT2D eigenvalue weighted by Crippen LogP contribution is 2.27. The molecule has 0 amide bonds. The first-order chi connectivity index (χ1) is 9.11. The molecule has 1 aromatic carbocycles. The van der Waals surface area contributed by atoms with Gasteiger partial charge < -0.3 is 5.32 Å². The number of rotatable bonds is 4. The molecule has 1 aromatic heterocycles. The first-order valence-corrected chi connectivity index (χ1v) is 6.62. The van der Waals surface area contributed by atoms with Crippen molar-refractivity contribution in [1.29, 1.82) is 0 Å². The van der Waals surface area contributed by atoms with Crippen molar-refractivity contribution >= 4 is 17.3 Å². The number of benzene rings is 1. The largest absolute Gasteiger partial charge is 0.376 e. The maximum Gasteiger partial charge on any atom is 0.141 e. The third kappa shape index (κ3) is 3.24. The summed E-state index contributed by atoms with van der Waals surface area (Å²) >= 11 is 6.10. The minimum Gasteiger partial charge on any atom is -0.376 e. The molecule has 0 saturated carbocycles. The van der Waals surface area contributed by atoms with Gasteiger partial charge in [-0.1, -0.05) is 24.6 Å². The highest BCUT2D eigenvalue weighted by molar-refractivity contribution is 6.31. The molecule has 0 radical (unpaired) electrons. The summed E-state index contributed by atoms with van der Waals surface area (Å²) in [7, 11) is 0. The predicted octanol–water partition coefficient (Wildman–Crippen LogP) is 4.75. The number of anilines is 1. The molecule has 2 nitrogen and oxygen atoms in total. The first-order valence-electron chi connectivity index (χ1n) is 6.25. The second-order valence-corrected chi connectivity index (χ2v) is 4.83.